The number of likely N-dealkylation sites (tertiary alicyclic amines) is 1. The predicted octanol–water partition coefficient (Wildman–Crippen LogP) is 3.81. The zero-order valence-corrected chi connectivity index (χ0v) is 17.7. The van der Waals surface area contributed by atoms with Crippen molar-refractivity contribution in [2.24, 2.45) is 0 Å². The van der Waals surface area contributed by atoms with Crippen molar-refractivity contribution in [3.8, 4) is 0 Å². The summed E-state index contributed by atoms with van der Waals surface area (Å²) in [7, 11) is 0. The molecule has 1 unspecified atom stereocenters. The van der Waals surface area contributed by atoms with Gasteiger partial charge in [0.15, 0.2) is 5.82 Å². The minimum Gasteiger partial charge on any atom is -0.342 e. The van der Waals surface area contributed by atoms with Gasteiger partial charge in [0.1, 0.15) is 11.6 Å². The third-order valence-corrected chi connectivity index (χ3v) is 5.66. The summed E-state index contributed by atoms with van der Waals surface area (Å²) in [4.78, 5) is 24.3. The third-order valence-electron chi connectivity index (χ3n) is 5.66. The molecule has 1 aliphatic rings. The lowest BCUT2D eigenvalue weighted by Gasteiger charge is -2.33. The maximum Gasteiger partial charge on any atom is 0.230 e. The van der Waals surface area contributed by atoms with Crippen molar-refractivity contribution in [3.63, 3.8) is 0 Å². The standard InChI is InChI=1S/C22H30N6O/c1-14(2)21-24-19(25-26-21)12-20(29)27-11-7-8-16(13-27)22-23-17-9-5-6-10-18(17)28(22)15(3)4/h5-6,9-10,14-16H,7-8,11-13H2,1-4H3,(H,24,25,26). The molecule has 1 aromatic carbocycles. The van der Waals surface area contributed by atoms with E-state index in [4.69, 9.17) is 4.98 Å². The van der Waals surface area contributed by atoms with E-state index >= 15 is 0 Å². The number of nitrogens with one attached hydrogen (secondary N) is 1. The van der Waals surface area contributed by atoms with Crippen molar-refractivity contribution in [1.29, 1.82) is 0 Å². The molecule has 0 bridgehead atoms. The molecule has 1 N–H and O–H groups in total. The fourth-order valence-electron chi connectivity index (χ4n) is 4.21. The van der Waals surface area contributed by atoms with E-state index in [0.717, 1.165) is 36.6 Å². The maximum atomic E-state index is 12.9. The van der Waals surface area contributed by atoms with Crippen LogP contribution in [0, 0.1) is 0 Å². The van der Waals surface area contributed by atoms with E-state index in [1.807, 2.05) is 24.8 Å². The lowest BCUT2D eigenvalue weighted by atomic mass is 9.96. The monoisotopic (exact) mass is 394 g/mol. The number of para-hydroxylation sites is 2. The molecule has 3 heterocycles. The van der Waals surface area contributed by atoms with E-state index in [2.05, 4.69) is 51.8 Å². The first-order chi connectivity index (χ1) is 13.9. The fourth-order valence-corrected chi connectivity index (χ4v) is 4.21. The largest absolute Gasteiger partial charge is 0.342 e. The van der Waals surface area contributed by atoms with Crippen LogP contribution >= 0.6 is 0 Å². The molecule has 1 fully saturated rings. The first-order valence-electron chi connectivity index (χ1n) is 10.6. The lowest BCUT2D eigenvalue weighted by molar-refractivity contribution is -0.131. The van der Waals surface area contributed by atoms with Crippen LogP contribution in [0.2, 0.25) is 0 Å². The van der Waals surface area contributed by atoms with Crippen LogP contribution in [0.5, 0.6) is 0 Å². The summed E-state index contributed by atoms with van der Waals surface area (Å²) in [5, 5.41) is 7.13. The predicted molar refractivity (Wildman–Crippen MR) is 113 cm³/mol. The van der Waals surface area contributed by atoms with Gasteiger partial charge in [0.2, 0.25) is 5.91 Å². The van der Waals surface area contributed by atoms with Gasteiger partial charge in [0.25, 0.3) is 0 Å². The van der Waals surface area contributed by atoms with Crippen LogP contribution < -0.4 is 0 Å². The lowest BCUT2D eigenvalue weighted by Crippen LogP contribution is -2.40. The van der Waals surface area contributed by atoms with Gasteiger partial charge in [0.05, 0.1) is 17.5 Å². The highest BCUT2D eigenvalue weighted by molar-refractivity contribution is 5.78. The molecule has 0 radical (unpaired) electrons. The highest BCUT2D eigenvalue weighted by Crippen LogP contribution is 2.31. The summed E-state index contributed by atoms with van der Waals surface area (Å²) in [5.74, 6) is 3.11. The Bertz CT molecular complexity index is 1000. The number of nitrogens with zero attached hydrogens (tertiary/aromatic N) is 5. The number of carbonyl (C=O) groups is 1. The summed E-state index contributed by atoms with van der Waals surface area (Å²) in [5.41, 5.74) is 2.20. The van der Waals surface area contributed by atoms with Crippen molar-refractivity contribution in [2.45, 2.75) is 64.8 Å². The number of carbonyl (C=O) groups excluding carboxylic acids is 1. The number of benzene rings is 1. The number of amides is 1. The molecule has 29 heavy (non-hydrogen) atoms. The van der Waals surface area contributed by atoms with Crippen LogP contribution in [-0.2, 0) is 11.2 Å². The van der Waals surface area contributed by atoms with Crippen molar-refractivity contribution in [2.75, 3.05) is 13.1 Å². The molecule has 1 atom stereocenters. The second kappa shape index (κ2) is 7.97. The molecule has 1 saturated heterocycles. The fraction of sp³-hybridized carbons (Fsp3) is 0.545. The van der Waals surface area contributed by atoms with Gasteiger partial charge in [-0.05, 0) is 38.8 Å². The second-order valence-electron chi connectivity index (χ2n) is 8.57. The van der Waals surface area contributed by atoms with Crippen molar-refractivity contribution < 1.29 is 4.79 Å². The molecule has 7 nitrogen and oxygen atoms in total. The highest BCUT2D eigenvalue weighted by Gasteiger charge is 2.29. The van der Waals surface area contributed by atoms with Gasteiger partial charge in [0, 0.05) is 31.0 Å². The molecule has 0 saturated carbocycles. The molecule has 4 rings (SSSR count). The maximum absolute atomic E-state index is 12.9. The number of hydrogen-bond donors (Lipinski definition) is 1. The number of hydrogen-bond acceptors (Lipinski definition) is 4. The van der Waals surface area contributed by atoms with E-state index in [9.17, 15) is 4.79 Å². The first kappa shape index (κ1) is 19.6. The van der Waals surface area contributed by atoms with Gasteiger partial charge in [-0.1, -0.05) is 26.0 Å². The Morgan fingerprint density at radius 1 is 1.21 bits per heavy atom. The molecule has 0 spiro atoms. The van der Waals surface area contributed by atoms with Gasteiger partial charge in [-0.3, -0.25) is 9.89 Å². The number of aromatic nitrogens is 5. The Morgan fingerprint density at radius 3 is 2.72 bits per heavy atom. The van der Waals surface area contributed by atoms with Gasteiger partial charge in [-0.25, -0.2) is 9.97 Å². The smallest absolute Gasteiger partial charge is 0.230 e. The van der Waals surface area contributed by atoms with E-state index in [-0.39, 0.29) is 24.2 Å². The van der Waals surface area contributed by atoms with Crippen molar-refractivity contribution >= 4 is 16.9 Å². The number of fused-ring (bicyclic) bond motifs is 1. The van der Waals surface area contributed by atoms with Crippen LogP contribution in [0.4, 0.5) is 0 Å². The van der Waals surface area contributed by atoms with Crippen LogP contribution in [0.1, 0.15) is 75.9 Å². The molecule has 1 amide bonds. The Labute approximate surface area is 171 Å². The van der Waals surface area contributed by atoms with Gasteiger partial charge < -0.3 is 9.47 Å². The number of piperidine rings is 1. The minimum atomic E-state index is 0.105. The topological polar surface area (TPSA) is 79.7 Å². The van der Waals surface area contributed by atoms with Crippen molar-refractivity contribution in [3.05, 3.63) is 41.7 Å². The van der Waals surface area contributed by atoms with E-state index in [1.165, 1.54) is 5.52 Å². The van der Waals surface area contributed by atoms with Gasteiger partial charge >= 0.3 is 0 Å². The average molecular weight is 395 g/mol. The third kappa shape index (κ3) is 3.91. The summed E-state index contributed by atoms with van der Waals surface area (Å²) in [6.07, 6.45) is 2.32. The molecule has 154 valence electrons. The molecular weight excluding hydrogens is 364 g/mol. The van der Waals surface area contributed by atoms with Crippen molar-refractivity contribution in [1.82, 2.24) is 29.6 Å². The average Bonchev–Trinajstić information content (AvgIpc) is 3.32. The van der Waals surface area contributed by atoms with Crippen LogP contribution in [0.15, 0.2) is 24.3 Å². The highest BCUT2D eigenvalue weighted by atomic mass is 16.2. The summed E-state index contributed by atoms with van der Waals surface area (Å²) < 4.78 is 2.33. The van der Waals surface area contributed by atoms with Crippen LogP contribution in [0.25, 0.3) is 11.0 Å². The molecule has 2 aromatic heterocycles. The van der Waals surface area contributed by atoms with Crippen LogP contribution in [0.3, 0.4) is 0 Å². The van der Waals surface area contributed by atoms with E-state index in [1.54, 1.807) is 0 Å². The van der Waals surface area contributed by atoms with E-state index in [0.29, 0.717) is 18.4 Å². The summed E-state index contributed by atoms with van der Waals surface area (Å²) >= 11 is 0. The molecule has 0 aliphatic carbocycles. The first-order valence-corrected chi connectivity index (χ1v) is 10.6. The van der Waals surface area contributed by atoms with Crippen LogP contribution in [-0.4, -0.2) is 48.6 Å². The van der Waals surface area contributed by atoms with Gasteiger partial charge in [-0.15, -0.1) is 0 Å². The Kier molecular flexibility index (Phi) is 5.39. The normalized spacial score (nSPS) is 17.6. The summed E-state index contributed by atoms with van der Waals surface area (Å²) in [6.45, 7) is 9.98. The molecular formula is C22H30N6O. The summed E-state index contributed by atoms with van der Waals surface area (Å²) in [6, 6.07) is 8.62. The Hall–Kier alpha value is -2.70. The van der Waals surface area contributed by atoms with E-state index < -0.39 is 0 Å². The zero-order valence-electron chi connectivity index (χ0n) is 17.7. The zero-order chi connectivity index (χ0) is 20.5. The quantitative estimate of drug-likeness (QED) is 0.714. The minimum absolute atomic E-state index is 0.105. The Morgan fingerprint density at radius 2 is 2.00 bits per heavy atom. The SMILES string of the molecule is CC(C)c1n[nH]c(CC(=O)N2CCCC(c3nc4ccccc4n3C(C)C)C2)n1. The second-order valence-corrected chi connectivity index (χ2v) is 8.57. The Balaban J connectivity index is 1.53. The number of H-pyrrole nitrogens is 1. The molecule has 3 aromatic rings. The van der Waals surface area contributed by atoms with Gasteiger partial charge in [-0.2, -0.15) is 5.10 Å². The number of rotatable bonds is 5. The molecule has 7 heteroatoms. The molecule has 1 aliphatic heterocycles. The number of aromatic amines is 1. The number of imidazole rings is 1.